The number of hydrogen-bond donors (Lipinski definition) is 0. The number of alkyl halides is 3. The van der Waals surface area contributed by atoms with E-state index in [-0.39, 0.29) is 12.2 Å². The maximum absolute atomic E-state index is 11.9. The molecule has 1 aromatic rings. The van der Waals surface area contributed by atoms with E-state index in [0.29, 0.717) is 6.42 Å². The summed E-state index contributed by atoms with van der Waals surface area (Å²) in [7, 11) is 0. The zero-order valence-corrected chi connectivity index (χ0v) is 9.68. The Morgan fingerprint density at radius 2 is 1.94 bits per heavy atom. The number of halogens is 3. The molecule has 0 amide bonds. The molecule has 0 bridgehead atoms. The Bertz CT molecular complexity index is 382. The molecule has 0 unspecified atom stereocenters. The van der Waals surface area contributed by atoms with Gasteiger partial charge in [-0.25, -0.2) is 0 Å². The van der Waals surface area contributed by atoms with Gasteiger partial charge in [-0.15, -0.1) is 0 Å². The summed E-state index contributed by atoms with van der Waals surface area (Å²) in [5, 5.41) is 0. The van der Waals surface area contributed by atoms with Crippen LogP contribution >= 0.6 is 0 Å². The lowest BCUT2D eigenvalue weighted by Gasteiger charge is -2.05. The minimum absolute atomic E-state index is 0.180. The first kappa shape index (κ1) is 13.7. The summed E-state index contributed by atoms with van der Waals surface area (Å²) in [6.07, 6.45) is -4.97. The van der Waals surface area contributed by atoms with Crippen molar-refractivity contribution in [3.05, 3.63) is 35.4 Å². The highest BCUT2D eigenvalue weighted by molar-refractivity contribution is 5.78. The third kappa shape index (κ3) is 6.09. The van der Waals surface area contributed by atoms with Crippen LogP contribution < -0.4 is 0 Å². The molecule has 0 aromatic heterocycles. The van der Waals surface area contributed by atoms with Gasteiger partial charge in [-0.2, -0.15) is 13.2 Å². The second-order valence-electron chi connectivity index (χ2n) is 4.14. The van der Waals surface area contributed by atoms with Crippen molar-refractivity contribution in [1.82, 2.24) is 0 Å². The van der Waals surface area contributed by atoms with Crippen LogP contribution in [0.2, 0.25) is 0 Å². The fourth-order valence-electron chi connectivity index (χ4n) is 1.56. The van der Waals surface area contributed by atoms with Crippen LogP contribution in [0.4, 0.5) is 13.2 Å². The summed E-state index contributed by atoms with van der Waals surface area (Å²) in [5.41, 5.74) is 2.08. The molecule has 0 atom stereocenters. The first-order valence-corrected chi connectivity index (χ1v) is 5.51. The molecule has 0 saturated carbocycles. The van der Waals surface area contributed by atoms with E-state index >= 15 is 0 Å². The van der Waals surface area contributed by atoms with E-state index in [2.05, 4.69) is 0 Å². The van der Waals surface area contributed by atoms with Crippen LogP contribution in [0.25, 0.3) is 0 Å². The molecular weight excluding hydrogens is 229 g/mol. The molecule has 0 aliphatic rings. The van der Waals surface area contributed by atoms with Gasteiger partial charge < -0.3 is 0 Å². The van der Waals surface area contributed by atoms with Crippen molar-refractivity contribution in [1.29, 1.82) is 0 Å². The van der Waals surface area contributed by atoms with E-state index in [9.17, 15) is 18.0 Å². The lowest BCUT2D eigenvalue weighted by atomic mass is 10.0. The Labute approximate surface area is 98.6 Å². The normalized spacial score (nSPS) is 11.5. The van der Waals surface area contributed by atoms with Crippen molar-refractivity contribution in [2.24, 2.45) is 0 Å². The van der Waals surface area contributed by atoms with Gasteiger partial charge in [0.2, 0.25) is 0 Å². The summed E-state index contributed by atoms with van der Waals surface area (Å²) >= 11 is 0. The van der Waals surface area contributed by atoms with Crippen molar-refractivity contribution in [3.63, 3.8) is 0 Å². The first-order valence-electron chi connectivity index (χ1n) is 5.51. The maximum Gasteiger partial charge on any atom is 0.389 e. The highest BCUT2D eigenvalue weighted by atomic mass is 19.4. The maximum atomic E-state index is 11.9. The summed E-state index contributed by atoms with van der Waals surface area (Å²) in [5.74, 6) is -0.330. The van der Waals surface area contributed by atoms with Gasteiger partial charge in [0.1, 0.15) is 5.78 Å². The molecule has 4 heteroatoms. The predicted molar refractivity (Wildman–Crippen MR) is 59.8 cm³/mol. The molecule has 0 saturated heterocycles. The van der Waals surface area contributed by atoms with Gasteiger partial charge in [-0.3, -0.25) is 4.79 Å². The van der Waals surface area contributed by atoms with Gasteiger partial charge in [-0.05, 0) is 18.9 Å². The monoisotopic (exact) mass is 244 g/mol. The summed E-state index contributed by atoms with van der Waals surface area (Å²) < 4.78 is 35.6. The van der Waals surface area contributed by atoms with Gasteiger partial charge in [0.15, 0.2) is 0 Å². The molecule has 0 heterocycles. The summed E-state index contributed by atoms with van der Waals surface area (Å²) in [6, 6.07) is 7.64. The van der Waals surface area contributed by atoms with Crippen molar-refractivity contribution in [2.45, 2.75) is 38.8 Å². The standard InChI is InChI=1S/C13H15F3O/c1-10-3-2-4-11(9-10)5-6-12(17)7-8-13(14,15)16/h2-4,9H,5-8H2,1H3. The van der Waals surface area contributed by atoms with Gasteiger partial charge in [0.05, 0.1) is 6.42 Å². The Morgan fingerprint density at radius 1 is 1.24 bits per heavy atom. The zero-order chi connectivity index (χ0) is 12.9. The number of aryl methyl sites for hydroxylation is 2. The highest BCUT2D eigenvalue weighted by Crippen LogP contribution is 2.22. The molecule has 1 rings (SSSR count). The molecule has 0 N–H and O–H groups in total. The van der Waals surface area contributed by atoms with Gasteiger partial charge in [0, 0.05) is 12.8 Å². The smallest absolute Gasteiger partial charge is 0.300 e. The Hall–Kier alpha value is -1.32. The molecule has 17 heavy (non-hydrogen) atoms. The quantitative estimate of drug-likeness (QED) is 0.769. The fourth-order valence-corrected chi connectivity index (χ4v) is 1.56. The minimum atomic E-state index is -4.24. The average Bonchev–Trinajstić information content (AvgIpc) is 2.23. The zero-order valence-electron chi connectivity index (χ0n) is 9.68. The number of hydrogen-bond acceptors (Lipinski definition) is 1. The fraction of sp³-hybridized carbons (Fsp3) is 0.462. The minimum Gasteiger partial charge on any atom is -0.300 e. The van der Waals surface area contributed by atoms with Gasteiger partial charge >= 0.3 is 6.18 Å². The Morgan fingerprint density at radius 3 is 2.53 bits per heavy atom. The lowest BCUT2D eigenvalue weighted by Crippen LogP contribution is -2.11. The largest absolute Gasteiger partial charge is 0.389 e. The summed E-state index contributed by atoms with van der Waals surface area (Å²) in [6.45, 7) is 1.94. The van der Waals surface area contributed by atoms with Crippen LogP contribution in [0.3, 0.4) is 0 Å². The number of Topliss-reactive ketones (excluding diaryl/α,β-unsaturated/α-hetero) is 1. The molecule has 1 nitrogen and oxygen atoms in total. The third-order valence-corrected chi connectivity index (χ3v) is 2.46. The van der Waals surface area contributed by atoms with Crippen LogP contribution in [0.5, 0.6) is 0 Å². The van der Waals surface area contributed by atoms with Gasteiger partial charge in [0.25, 0.3) is 0 Å². The SMILES string of the molecule is Cc1cccc(CCC(=O)CCC(F)(F)F)c1. The Balaban J connectivity index is 2.33. The topological polar surface area (TPSA) is 17.1 Å². The van der Waals surface area contributed by atoms with Crippen molar-refractivity contribution in [2.75, 3.05) is 0 Å². The van der Waals surface area contributed by atoms with E-state index in [1.54, 1.807) is 0 Å². The van der Waals surface area contributed by atoms with E-state index in [1.165, 1.54) is 0 Å². The number of rotatable bonds is 5. The molecule has 1 aromatic carbocycles. The second-order valence-corrected chi connectivity index (χ2v) is 4.14. The van der Waals surface area contributed by atoms with Crippen molar-refractivity contribution in [3.8, 4) is 0 Å². The van der Waals surface area contributed by atoms with E-state index in [1.807, 2.05) is 31.2 Å². The molecule has 0 aliphatic carbocycles. The van der Waals surface area contributed by atoms with E-state index in [0.717, 1.165) is 11.1 Å². The predicted octanol–water partition coefficient (Wildman–Crippen LogP) is 3.84. The molecule has 0 radical (unpaired) electrons. The molecule has 0 aliphatic heterocycles. The van der Waals surface area contributed by atoms with Crippen molar-refractivity contribution < 1.29 is 18.0 Å². The van der Waals surface area contributed by atoms with Crippen LogP contribution in [0, 0.1) is 6.92 Å². The lowest BCUT2D eigenvalue weighted by molar-refractivity contribution is -0.143. The number of benzene rings is 1. The molecule has 94 valence electrons. The van der Waals surface area contributed by atoms with Crippen molar-refractivity contribution >= 4 is 5.78 Å². The molecule has 0 fully saturated rings. The first-order chi connectivity index (χ1) is 7.87. The summed E-state index contributed by atoms with van der Waals surface area (Å²) in [4.78, 5) is 11.2. The third-order valence-electron chi connectivity index (χ3n) is 2.46. The van der Waals surface area contributed by atoms with E-state index < -0.39 is 19.0 Å². The number of ketones is 1. The van der Waals surface area contributed by atoms with Gasteiger partial charge in [-0.1, -0.05) is 29.8 Å². The average molecular weight is 244 g/mol. The number of carbonyl (C=O) groups is 1. The van der Waals surface area contributed by atoms with Crippen LogP contribution in [0.1, 0.15) is 30.4 Å². The number of carbonyl (C=O) groups excluding carboxylic acids is 1. The molecule has 0 spiro atoms. The highest BCUT2D eigenvalue weighted by Gasteiger charge is 2.27. The van der Waals surface area contributed by atoms with Crippen LogP contribution in [-0.4, -0.2) is 12.0 Å². The van der Waals surface area contributed by atoms with Crippen LogP contribution in [0.15, 0.2) is 24.3 Å². The second kappa shape index (κ2) is 5.84. The van der Waals surface area contributed by atoms with E-state index in [4.69, 9.17) is 0 Å². The Kier molecular flexibility index (Phi) is 4.73. The van der Waals surface area contributed by atoms with Crippen LogP contribution in [-0.2, 0) is 11.2 Å². The molecular formula is C13H15F3O.